The average molecular weight is 903 g/mol. The number of aliphatic hydroxyl groups is 2. The van der Waals surface area contributed by atoms with E-state index in [0.717, 1.165) is 44.9 Å². The van der Waals surface area contributed by atoms with Gasteiger partial charge in [0.25, 0.3) is 0 Å². The van der Waals surface area contributed by atoms with Gasteiger partial charge in [-0.2, -0.15) is 0 Å². The number of allylic oxidation sites excluding steroid dienone is 4. The molecule has 2 unspecified atom stereocenters. The Labute approximate surface area is 399 Å². The number of amides is 1. The summed E-state index contributed by atoms with van der Waals surface area (Å²) < 4.78 is 5.46. The van der Waals surface area contributed by atoms with Gasteiger partial charge in [-0.15, -0.1) is 0 Å². The molecule has 0 aromatic heterocycles. The highest BCUT2D eigenvalue weighted by Gasteiger charge is 2.20. The van der Waals surface area contributed by atoms with Gasteiger partial charge in [-0.25, -0.2) is 0 Å². The highest BCUT2D eigenvalue weighted by atomic mass is 16.5. The molecule has 0 aliphatic carbocycles. The highest BCUT2D eigenvalue weighted by Crippen LogP contribution is 2.17. The van der Waals surface area contributed by atoms with Crippen molar-refractivity contribution in [1.29, 1.82) is 0 Å². The monoisotopic (exact) mass is 902 g/mol. The Morgan fingerprint density at radius 2 is 0.734 bits per heavy atom. The van der Waals surface area contributed by atoms with Gasteiger partial charge in [-0.3, -0.25) is 9.59 Å². The smallest absolute Gasteiger partial charge is 0.305 e. The van der Waals surface area contributed by atoms with Crippen LogP contribution in [0.2, 0.25) is 0 Å². The summed E-state index contributed by atoms with van der Waals surface area (Å²) in [7, 11) is 0. The van der Waals surface area contributed by atoms with E-state index in [1.807, 2.05) is 0 Å². The molecule has 0 bridgehead atoms. The quantitative estimate of drug-likeness (QED) is 0.0321. The fourth-order valence-electron chi connectivity index (χ4n) is 8.81. The molecule has 0 aromatic carbocycles. The van der Waals surface area contributed by atoms with E-state index in [1.165, 1.54) is 231 Å². The molecule has 0 aliphatic heterocycles. The first kappa shape index (κ1) is 62.3. The molecule has 6 nitrogen and oxygen atoms in total. The highest BCUT2D eigenvalue weighted by molar-refractivity contribution is 5.76. The normalized spacial score (nSPS) is 12.8. The van der Waals surface area contributed by atoms with E-state index in [2.05, 4.69) is 43.5 Å². The van der Waals surface area contributed by atoms with Crippen molar-refractivity contribution in [2.75, 3.05) is 13.2 Å². The summed E-state index contributed by atoms with van der Waals surface area (Å²) in [6.07, 6.45) is 64.5. The third kappa shape index (κ3) is 49.8. The minimum Gasteiger partial charge on any atom is -0.466 e. The molecule has 1 amide bonds. The first-order valence-electron chi connectivity index (χ1n) is 28.6. The van der Waals surface area contributed by atoms with Gasteiger partial charge in [0.2, 0.25) is 5.91 Å². The lowest BCUT2D eigenvalue weighted by molar-refractivity contribution is -0.143. The number of ether oxygens (including phenoxy) is 1. The Balaban J connectivity index is 3.43. The first-order chi connectivity index (χ1) is 31.5. The molecule has 0 rings (SSSR count). The Morgan fingerprint density at radius 1 is 0.422 bits per heavy atom. The van der Waals surface area contributed by atoms with Crippen molar-refractivity contribution in [3.05, 3.63) is 24.3 Å². The van der Waals surface area contributed by atoms with Crippen molar-refractivity contribution in [1.82, 2.24) is 5.32 Å². The topological polar surface area (TPSA) is 95.9 Å². The number of esters is 1. The SMILES string of the molecule is CCCCC/C=C\CCCCCCCC(=O)OCCCCCCCCCCCC/C=C\CCCCCCCCCC(=O)NC(CO)C(O)CCCCCCCCCCCCCCCC. The largest absolute Gasteiger partial charge is 0.466 e. The van der Waals surface area contributed by atoms with Crippen LogP contribution in [0.15, 0.2) is 24.3 Å². The van der Waals surface area contributed by atoms with Crippen LogP contribution in [0.25, 0.3) is 0 Å². The fourth-order valence-corrected chi connectivity index (χ4v) is 8.81. The maximum absolute atomic E-state index is 12.5. The maximum Gasteiger partial charge on any atom is 0.305 e. The van der Waals surface area contributed by atoms with Crippen LogP contribution in [0.4, 0.5) is 0 Å². The van der Waals surface area contributed by atoms with E-state index in [-0.39, 0.29) is 18.5 Å². The number of hydrogen-bond donors (Lipinski definition) is 3. The van der Waals surface area contributed by atoms with Gasteiger partial charge in [0.15, 0.2) is 0 Å². The molecule has 2 atom stereocenters. The molecular weight excluding hydrogens is 791 g/mol. The molecule has 0 saturated heterocycles. The molecule has 0 saturated carbocycles. The summed E-state index contributed by atoms with van der Waals surface area (Å²) in [6.45, 7) is 4.93. The number of unbranched alkanes of at least 4 members (excludes halogenated alkanes) is 38. The lowest BCUT2D eigenvalue weighted by atomic mass is 10.0. The Kier molecular flexibility index (Phi) is 52.6. The molecular formula is C58H111NO5. The Morgan fingerprint density at radius 3 is 1.14 bits per heavy atom. The second kappa shape index (κ2) is 54.0. The minimum atomic E-state index is -0.668. The lowest BCUT2D eigenvalue weighted by Crippen LogP contribution is -2.45. The molecule has 0 aliphatic rings. The van der Waals surface area contributed by atoms with E-state index in [1.54, 1.807) is 0 Å². The molecule has 378 valence electrons. The van der Waals surface area contributed by atoms with Crippen molar-refractivity contribution in [3.63, 3.8) is 0 Å². The molecule has 3 N–H and O–H groups in total. The molecule has 6 heteroatoms. The second-order valence-corrected chi connectivity index (χ2v) is 19.6. The fraction of sp³-hybridized carbons (Fsp3) is 0.897. The zero-order valence-electron chi connectivity index (χ0n) is 43.0. The molecule has 0 fully saturated rings. The van der Waals surface area contributed by atoms with Gasteiger partial charge in [0.1, 0.15) is 0 Å². The van der Waals surface area contributed by atoms with Crippen molar-refractivity contribution < 1.29 is 24.5 Å². The van der Waals surface area contributed by atoms with Gasteiger partial charge in [-0.1, -0.05) is 244 Å². The molecule has 0 spiro atoms. The van der Waals surface area contributed by atoms with E-state index in [0.29, 0.717) is 25.9 Å². The summed E-state index contributed by atoms with van der Waals surface area (Å²) in [5.74, 6) is -0.0439. The van der Waals surface area contributed by atoms with E-state index in [9.17, 15) is 19.8 Å². The van der Waals surface area contributed by atoms with Crippen LogP contribution >= 0.6 is 0 Å². The van der Waals surface area contributed by atoms with E-state index >= 15 is 0 Å². The molecule has 0 radical (unpaired) electrons. The van der Waals surface area contributed by atoms with Gasteiger partial charge in [0.05, 0.1) is 25.4 Å². The van der Waals surface area contributed by atoms with Gasteiger partial charge >= 0.3 is 5.97 Å². The van der Waals surface area contributed by atoms with Crippen LogP contribution in [0.5, 0.6) is 0 Å². The zero-order valence-corrected chi connectivity index (χ0v) is 43.0. The van der Waals surface area contributed by atoms with Crippen molar-refractivity contribution in [3.8, 4) is 0 Å². The summed E-state index contributed by atoms with van der Waals surface area (Å²) in [5.41, 5.74) is 0. The van der Waals surface area contributed by atoms with Crippen LogP contribution in [0, 0.1) is 0 Å². The minimum absolute atomic E-state index is 0.00187. The first-order valence-corrected chi connectivity index (χ1v) is 28.6. The predicted molar refractivity (Wildman–Crippen MR) is 278 cm³/mol. The lowest BCUT2D eigenvalue weighted by Gasteiger charge is -2.22. The van der Waals surface area contributed by atoms with Gasteiger partial charge in [-0.05, 0) is 77.0 Å². The number of nitrogens with one attached hydrogen (secondary N) is 1. The average Bonchev–Trinajstić information content (AvgIpc) is 3.29. The maximum atomic E-state index is 12.5. The van der Waals surface area contributed by atoms with Crippen molar-refractivity contribution in [2.24, 2.45) is 0 Å². The van der Waals surface area contributed by atoms with Gasteiger partial charge in [0, 0.05) is 12.8 Å². The molecule has 0 heterocycles. The Bertz CT molecular complexity index is 997. The van der Waals surface area contributed by atoms with E-state index < -0.39 is 12.1 Å². The van der Waals surface area contributed by atoms with Crippen LogP contribution in [-0.2, 0) is 14.3 Å². The van der Waals surface area contributed by atoms with Crippen LogP contribution in [-0.4, -0.2) is 47.4 Å². The van der Waals surface area contributed by atoms with Crippen LogP contribution < -0.4 is 5.32 Å². The number of carbonyl (C=O) groups excluding carboxylic acids is 2. The third-order valence-corrected chi connectivity index (χ3v) is 13.2. The van der Waals surface area contributed by atoms with E-state index in [4.69, 9.17) is 4.74 Å². The molecule has 64 heavy (non-hydrogen) atoms. The number of rotatable bonds is 53. The third-order valence-electron chi connectivity index (χ3n) is 13.2. The number of aliphatic hydroxyl groups excluding tert-OH is 2. The van der Waals surface area contributed by atoms with Crippen LogP contribution in [0.3, 0.4) is 0 Å². The van der Waals surface area contributed by atoms with Crippen LogP contribution in [0.1, 0.15) is 309 Å². The van der Waals surface area contributed by atoms with Crippen molar-refractivity contribution in [2.45, 2.75) is 321 Å². The second-order valence-electron chi connectivity index (χ2n) is 19.6. The number of carbonyl (C=O) groups is 2. The summed E-state index contributed by atoms with van der Waals surface area (Å²) in [6, 6.07) is -0.546. The van der Waals surface area contributed by atoms with Gasteiger partial charge < -0.3 is 20.3 Å². The Hall–Kier alpha value is -1.66. The zero-order chi connectivity index (χ0) is 46.5. The number of hydrogen-bond acceptors (Lipinski definition) is 5. The standard InChI is InChI=1S/C58H111NO5/c1-3-5-7-9-11-13-15-17-27-30-34-38-42-46-50-56(61)55(54-60)59-57(62)51-47-43-39-35-31-28-25-23-21-19-18-20-22-24-26-29-33-37-41-45-49-53-64-58(63)52-48-44-40-36-32-16-14-12-10-8-6-4-2/h12,14,19,21,55-56,60-61H,3-11,13,15-18,20,22-54H2,1-2H3,(H,59,62)/b14-12-,21-19-. The summed E-state index contributed by atoms with van der Waals surface area (Å²) in [4.78, 5) is 24.5. The summed E-state index contributed by atoms with van der Waals surface area (Å²) in [5, 5.41) is 23.2. The predicted octanol–water partition coefficient (Wildman–Crippen LogP) is 17.5. The molecule has 0 aromatic rings. The van der Waals surface area contributed by atoms with Crippen molar-refractivity contribution >= 4 is 11.9 Å². The summed E-state index contributed by atoms with van der Waals surface area (Å²) >= 11 is 0.